The summed E-state index contributed by atoms with van der Waals surface area (Å²) in [6.07, 6.45) is 1.67. The molecule has 0 amide bonds. The van der Waals surface area contributed by atoms with Gasteiger partial charge >= 0.3 is 0 Å². The van der Waals surface area contributed by atoms with E-state index in [-0.39, 0.29) is 0 Å². The summed E-state index contributed by atoms with van der Waals surface area (Å²) in [4.78, 5) is 0. The molecular formula is C16H18N6O2S. The zero-order valence-electron chi connectivity index (χ0n) is 14.1. The van der Waals surface area contributed by atoms with Gasteiger partial charge in [0.25, 0.3) is 0 Å². The van der Waals surface area contributed by atoms with Gasteiger partial charge in [0.05, 0.1) is 19.9 Å². The number of benzene rings is 1. The molecule has 0 aliphatic rings. The maximum absolute atomic E-state index is 5.51. The first-order valence-electron chi connectivity index (χ1n) is 7.67. The summed E-state index contributed by atoms with van der Waals surface area (Å²) in [5, 5.41) is 18.4. The van der Waals surface area contributed by atoms with Crippen LogP contribution in [0.3, 0.4) is 0 Å². The molecule has 2 N–H and O–H groups in total. The highest BCUT2D eigenvalue weighted by Crippen LogP contribution is 2.27. The van der Waals surface area contributed by atoms with Crippen LogP contribution >= 0.6 is 12.2 Å². The SMILES string of the molecule is CCOc1ccc(/C=N\n2c(-c3cc(C)[nH]n3)n[nH]c2=S)cc1OC. The molecule has 130 valence electrons. The van der Waals surface area contributed by atoms with Crippen molar-refractivity contribution >= 4 is 18.4 Å². The number of aromatic nitrogens is 5. The highest BCUT2D eigenvalue weighted by Gasteiger charge is 2.11. The van der Waals surface area contributed by atoms with Crippen LogP contribution in [0.15, 0.2) is 29.4 Å². The molecular weight excluding hydrogens is 340 g/mol. The number of nitrogens with zero attached hydrogens (tertiary/aromatic N) is 4. The van der Waals surface area contributed by atoms with Crippen LogP contribution in [0, 0.1) is 11.7 Å². The molecule has 3 aromatic rings. The molecule has 0 saturated heterocycles. The molecule has 0 aliphatic carbocycles. The second-order valence-electron chi connectivity index (χ2n) is 5.19. The van der Waals surface area contributed by atoms with Gasteiger partial charge in [-0.2, -0.15) is 20.0 Å². The third-order valence-corrected chi connectivity index (χ3v) is 3.66. The Morgan fingerprint density at radius 3 is 2.76 bits per heavy atom. The standard InChI is InChI=1S/C16H18N6O2S/c1-4-24-13-6-5-11(8-14(13)23-3)9-17-22-15(20-21-16(22)25)12-7-10(2)18-19-12/h5-9H,4H2,1-3H3,(H,18,19)(H,21,25)/b17-9-. The fourth-order valence-corrected chi connectivity index (χ4v) is 2.44. The van der Waals surface area contributed by atoms with Gasteiger partial charge in [-0.3, -0.25) is 5.10 Å². The first-order valence-corrected chi connectivity index (χ1v) is 8.08. The number of H-pyrrole nitrogens is 2. The molecule has 0 saturated carbocycles. The van der Waals surface area contributed by atoms with E-state index in [0.29, 0.717) is 34.4 Å². The van der Waals surface area contributed by atoms with Crippen LogP contribution in [0.5, 0.6) is 11.5 Å². The molecule has 0 spiro atoms. The Morgan fingerprint density at radius 2 is 2.08 bits per heavy atom. The Bertz CT molecular complexity index is 956. The number of methoxy groups -OCH3 is 1. The van der Waals surface area contributed by atoms with Gasteiger partial charge in [-0.1, -0.05) is 0 Å². The molecule has 1 aromatic carbocycles. The molecule has 9 heteroatoms. The minimum Gasteiger partial charge on any atom is -0.493 e. The van der Waals surface area contributed by atoms with Crippen LogP contribution in [0.1, 0.15) is 18.2 Å². The van der Waals surface area contributed by atoms with E-state index in [0.717, 1.165) is 11.3 Å². The van der Waals surface area contributed by atoms with E-state index >= 15 is 0 Å². The minimum absolute atomic E-state index is 0.379. The smallest absolute Gasteiger partial charge is 0.216 e. The topological polar surface area (TPSA) is 93.1 Å². The van der Waals surface area contributed by atoms with Crippen molar-refractivity contribution in [2.75, 3.05) is 13.7 Å². The van der Waals surface area contributed by atoms with Crippen LogP contribution in [-0.4, -0.2) is 45.0 Å². The summed E-state index contributed by atoms with van der Waals surface area (Å²) in [5.74, 6) is 1.86. The predicted octanol–water partition coefficient (Wildman–Crippen LogP) is 2.93. The average Bonchev–Trinajstić information content (AvgIpc) is 3.19. The number of hydrogen-bond donors (Lipinski definition) is 2. The van der Waals surface area contributed by atoms with Gasteiger partial charge in [-0.15, -0.1) is 0 Å². The van der Waals surface area contributed by atoms with Gasteiger partial charge < -0.3 is 9.47 Å². The second-order valence-corrected chi connectivity index (χ2v) is 5.57. The first-order chi connectivity index (χ1) is 12.1. The molecule has 25 heavy (non-hydrogen) atoms. The van der Waals surface area contributed by atoms with Crippen LogP contribution < -0.4 is 9.47 Å². The van der Waals surface area contributed by atoms with Gasteiger partial charge in [0.1, 0.15) is 5.69 Å². The number of aryl methyl sites for hydroxylation is 1. The van der Waals surface area contributed by atoms with Crippen molar-refractivity contribution in [1.29, 1.82) is 0 Å². The Labute approximate surface area is 149 Å². The van der Waals surface area contributed by atoms with Crippen molar-refractivity contribution in [3.63, 3.8) is 0 Å². The molecule has 3 rings (SSSR count). The van der Waals surface area contributed by atoms with Gasteiger partial charge in [-0.05, 0) is 55.9 Å². The fourth-order valence-electron chi connectivity index (χ4n) is 2.26. The van der Waals surface area contributed by atoms with Crippen molar-refractivity contribution in [3.8, 4) is 23.0 Å². The van der Waals surface area contributed by atoms with Crippen molar-refractivity contribution < 1.29 is 9.47 Å². The van der Waals surface area contributed by atoms with Crippen molar-refractivity contribution in [3.05, 3.63) is 40.3 Å². The quantitative estimate of drug-likeness (QED) is 0.522. The second kappa shape index (κ2) is 7.31. The lowest BCUT2D eigenvalue weighted by atomic mass is 10.2. The summed E-state index contributed by atoms with van der Waals surface area (Å²) >= 11 is 5.25. The van der Waals surface area contributed by atoms with Crippen LogP contribution in [0.25, 0.3) is 11.5 Å². The Kier molecular flexibility index (Phi) is 4.94. The van der Waals surface area contributed by atoms with Gasteiger partial charge in [0.2, 0.25) is 10.6 Å². The van der Waals surface area contributed by atoms with E-state index < -0.39 is 0 Å². The highest BCUT2D eigenvalue weighted by atomic mass is 32.1. The summed E-state index contributed by atoms with van der Waals surface area (Å²) in [6, 6.07) is 7.45. The van der Waals surface area contributed by atoms with Crippen molar-refractivity contribution in [2.24, 2.45) is 5.10 Å². The van der Waals surface area contributed by atoms with Crippen LogP contribution in [0.4, 0.5) is 0 Å². The third-order valence-electron chi connectivity index (χ3n) is 3.40. The monoisotopic (exact) mass is 358 g/mol. The number of ether oxygens (including phenoxy) is 2. The van der Waals surface area contributed by atoms with E-state index in [9.17, 15) is 0 Å². The fraction of sp³-hybridized carbons (Fsp3) is 0.250. The molecule has 2 heterocycles. The lowest BCUT2D eigenvalue weighted by molar-refractivity contribution is 0.311. The van der Waals surface area contributed by atoms with Gasteiger partial charge in [0, 0.05) is 5.69 Å². The lowest BCUT2D eigenvalue weighted by Crippen LogP contribution is -1.98. The normalized spacial score (nSPS) is 11.2. The maximum Gasteiger partial charge on any atom is 0.216 e. The number of nitrogens with one attached hydrogen (secondary N) is 2. The van der Waals surface area contributed by atoms with Gasteiger partial charge in [-0.25, -0.2) is 5.10 Å². The van der Waals surface area contributed by atoms with Crippen LogP contribution in [0.2, 0.25) is 0 Å². The Hall–Kier alpha value is -2.94. The van der Waals surface area contributed by atoms with E-state index in [4.69, 9.17) is 21.7 Å². The molecule has 0 atom stereocenters. The first kappa shape index (κ1) is 16.9. The van der Waals surface area contributed by atoms with E-state index in [1.54, 1.807) is 13.3 Å². The highest BCUT2D eigenvalue weighted by molar-refractivity contribution is 7.71. The molecule has 0 radical (unpaired) electrons. The molecule has 0 fully saturated rings. The van der Waals surface area contributed by atoms with Gasteiger partial charge in [0.15, 0.2) is 11.5 Å². The molecule has 8 nitrogen and oxygen atoms in total. The average molecular weight is 358 g/mol. The number of rotatable bonds is 6. The summed E-state index contributed by atoms with van der Waals surface area (Å²) in [5.41, 5.74) is 2.43. The third kappa shape index (κ3) is 3.61. The van der Waals surface area contributed by atoms with E-state index in [2.05, 4.69) is 25.5 Å². The Balaban J connectivity index is 1.93. The maximum atomic E-state index is 5.51. The predicted molar refractivity (Wildman–Crippen MR) is 96.9 cm³/mol. The Morgan fingerprint density at radius 1 is 1.24 bits per heavy atom. The number of aromatic amines is 2. The zero-order chi connectivity index (χ0) is 17.8. The van der Waals surface area contributed by atoms with Crippen molar-refractivity contribution in [1.82, 2.24) is 25.1 Å². The lowest BCUT2D eigenvalue weighted by Gasteiger charge is -2.09. The number of hydrogen-bond acceptors (Lipinski definition) is 6. The molecule has 0 bridgehead atoms. The molecule has 0 aliphatic heterocycles. The molecule has 2 aromatic heterocycles. The molecule has 0 unspecified atom stereocenters. The van der Waals surface area contributed by atoms with Crippen molar-refractivity contribution in [2.45, 2.75) is 13.8 Å². The summed E-state index contributed by atoms with van der Waals surface area (Å²) in [6.45, 7) is 4.41. The van der Waals surface area contributed by atoms with Crippen LogP contribution in [-0.2, 0) is 0 Å². The van der Waals surface area contributed by atoms with E-state index in [1.165, 1.54) is 4.68 Å². The largest absolute Gasteiger partial charge is 0.493 e. The summed E-state index contributed by atoms with van der Waals surface area (Å²) in [7, 11) is 1.60. The summed E-state index contributed by atoms with van der Waals surface area (Å²) < 4.78 is 12.8. The minimum atomic E-state index is 0.379. The zero-order valence-corrected chi connectivity index (χ0v) is 14.9. The van der Waals surface area contributed by atoms with E-state index in [1.807, 2.05) is 38.1 Å².